The number of hydrogen-bond donors (Lipinski definition) is 1. The van der Waals surface area contributed by atoms with Gasteiger partial charge in [0.25, 0.3) is 0 Å². The molecule has 118 valence electrons. The lowest BCUT2D eigenvalue weighted by molar-refractivity contribution is 0.214. The first-order valence-corrected chi connectivity index (χ1v) is 8.71. The van der Waals surface area contributed by atoms with E-state index < -0.39 is 0 Å². The van der Waals surface area contributed by atoms with Crippen LogP contribution in [0.25, 0.3) is 0 Å². The Bertz CT molecular complexity index is 417. The second-order valence-corrected chi connectivity index (χ2v) is 7.98. The second kappa shape index (κ2) is 6.96. The van der Waals surface area contributed by atoms with Crippen LogP contribution >= 0.6 is 0 Å². The molecule has 0 bridgehead atoms. The lowest BCUT2D eigenvalue weighted by atomic mass is 9.77. The minimum atomic E-state index is 0.406. The van der Waals surface area contributed by atoms with Gasteiger partial charge in [0.2, 0.25) is 0 Å². The Hall–Kier alpha value is -0.820. The maximum atomic E-state index is 3.83. The summed E-state index contributed by atoms with van der Waals surface area (Å²) >= 11 is 0. The van der Waals surface area contributed by atoms with Crippen LogP contribution in [0.3, 0.4) is 0 Å². The number of rotatable bonds is 7. The van der Waals surface area contributed by atoms with Crippen LogP contribution in [0.1, 0.15) is 65.4 Å². The fourth-order valence-corrected chi connectivity index (χ4v) is 3.22. The molecule has 1 heteroatoms. The molecule has 1 aromatic rings. The molecule has 1 aliphatic rings. The maximum absolute atomic E-state index is 3.83. The first kappa shape index (κ1) is 16.5. The van der Waals surface area contributed by atoms with E-state index in [2.05, 4.69) is 70.3 Å². The van der Waals surface area contributed by atoms with Gasteiger partial charge in [-0.3, -0.25) is 0 Å². The molecule has 4 atom stereocenters. The maximum Gasteiger partial charge on any atom is 0.0104 e. The van der Waals surface area contributed by atoms with Gasteiger partial charge in [-0.05, 0) is 54.5 Å². The van der Waals surface area contributed by atoms with Crippen molar-refractivity contribution >= 4 is 0 Å². The lowest BCUT2D eigenvalue weighted by Gasteiger charge is -2.31. The molecule has 4 unspecified atom stereocenters. The van der Waals surface area contributed by atoms with E-state index in [9.17, 15) is 0 Å². The summed E-state index contributed by atoms with van der Waals surface area (Å²) < 4.78 is 0. The van der Waals surface area contributed by atoms with Crippen molar-refractivity contribution in [2.24, 2.45) is 17.3 Å². The van der Waals surface area contributed by atoms with E-state index in [1.165, 1.54) is 24.8 Å². The Morgan fingerprint density at radius 2 is 1.86 bits per heavy atom. The zero-order valence-corrected chi connectivity index (χ0v) is 14.5. The summed E-state index contributed by atoms with van der Waals surface area (Å²) in [6.45, 7) is 12.9. The fourth-order valence-electron chi connectivity index (χ4n) is 3.22. The number of benzene rings is 1. The van der Waals surface area contributed by atoms with Crippen molar-refractivity contribution in [1.82, 2.24) is 5.32 Å². The molecule has 1 aliphatic carbocycles. The van der Waals surface area contributed by atoms with Gasteiger partial charge in [-0.1, -0.05) is 65.0 Å². The average Bonchev–Trinajstić information content (AvgIpc) is 3.23. The monoisotopic (exact) mass is 287 g/mol. The normalized spacial score (nSPS) is 24.6. The minimum Gasteiger partial charge on any atom is -0.314 e. The van der Waals surface area contributed by atoms with Gasteiger partial charge in [0.15, 0.2) is 0 Å². The van der Waals surface area contributed by atoms with E-state index in [0.717, 1.165) is 24.3 Å². The quantitative estimate of drug-likeness (QED) is 0.724. The van der Waals surface area contributed by atoms with E-state index in [1.54, 1.807) is 0 Å². The van der Waals surface area contributed by atoms with Gasteiger partial charge in [0.1, 0.15) is 0 Å². The molecule has 0 heterocycles. The highest BCUT2D eigenvalue weighted by atomic mass is 14.9. The highest BCUT2D eigenvalue weighted by Gasteiger charge is 2.44. The minimum absolute atomic E-state index is 0.406. The van der Waals surface area contributed by atoms with Gasteiger partial charge < -0.3 is 5.32 Å². The average molecular weight is 287 g/mol. The number of hydrogen-bond acceptors (Lipinski definition) is 1. The SMILES string of the molecule is CCCNC(CC(C)C(C)(C)C)C1CC1c1ccccc1. The van der Waals surface area contributed by atoms with Crippen molar-refractivity contribution in [2.75, 3.05) is 6.54 Å². The van der Waals surface area contributed by atoms with Crippen molar-refractivity contribution in [2.45, 2.75) is 65.8 Å². The Kier molecular flexibility index (Phi) is 5.48. The molecule has 0 amide bonds. The van der Waals surface area contributed by atoms with Crippen LogP contribution in [0.4, 0.5) is 0 Å². The molecule has 0 spiro atoms. The summed E-state index contributed by atoms with van der Waals surface area (Å²) in [5, 5.41) is 3.83. The largest absolute Gasteiger partial charge is 0.314 e. The summed E-state index contributed by atoms with van der Waals surface area (Å²) in [6, 6.07) is 11.8. The summed E-state index contributed by atoms with van der Waals surface area (Å²) in [6.07, 6.45) is 3.89. The third-order valence-corrected chi connectivity index (χ3v) is 5.33. The summed E-state index contributed by atoms with van der Waals surface area (Å²) in [5.74, 6) is 2.38. The zero-order valence-electron chi connectivity index (χ0n) is 14.5. The molecule has 1 nitrogen and oxygen atoms in total. The Balaban J connectivity index is 1.98. The molecular formula is C20H33N. The third-order valence-electron chi connectivity index (χ3n) is 5.33. The third kappa shape index (κ3) is 4.57. The predicted molar refractivity (Wildman–Crippen MR) is 92.6 cm³/mol. The molecule has 0 aliphatic heterocycles. The summed E-state index contributed by atoms with van der Waals surface area (Å²) in [4.78, 5) is 0. The molecule has 2 rings (SSSR count). The first-order chi connectivity index (χ1) is 9.93. The molecule has 0 saturated heterocycles. The van der Waals surface area contributed by atoms with Gasteiger partial charge in [0, 0.05) is 6.04 Å². The summed E-state index contributed by atoms with van der Waals surface area (Å²) in [7, 11) is 0. The van der Waals surface area contributed by atoms with Crippen LogP contribution < -0.4 is 5.32 Å². The molecule has 1 aromatic carbocycles. The van der Waals surface area contributed by atoms with E-state index in [4.69, 9.17) is 0 Å². The van der Waals surface area contributed by atoms with Crippen LogP contribution in [0, 0.1) is 17.3 Å². The predicted octanol–water partition coefficient (Wildman–Crippen LogP) is 5.23. The van der Waals surface area contributed by atoms with Gasteiger partial charge in [-0.2, -0.15) is 0 Å². The van der Waals surface area contributed by atoms with Gasteiger partial charge in [-0.25, -0.2) is 0 Å². The standard InChI is InChI=1S/C20H33N/c1-6-12-21-19(13-15(2)20(3,4)5)18-14-17(18)16-10-8-7-9-11-16/h7-11,15,17-19,21H,6,12-14H2,1-5H3. The van der Waals surface area contributed by atoms with E-state index in [1.807, 2.05) is 0 Å². The number of nitrogens with one attached hydrogen (secondary N) is 1. The lowest BCUT2D eigenvalue weighted by Crippen LogP contribution is -2.36. The molecule has 1 saturated carbocycles. The highest BCUT2D eigenvalue weighted by molar-refractivity contribution is 5.26. The van der Waals surface area contributed by atoms with Crippen molar-refractivity contribution in [3.63, 3.8) is 0 Å². The summed E-state index contributed by atoms with van der Waals surface area (Å²) in [5.41, 5.74) is 1.94. The molecule has 1 fully saturated rings. The molecule has 1 N–H and O–H groups in total. The first-order valence-electron chi connectivity index (χ1n) is 8.71. The van der Waals surface area contributed by atoms with Gasteiger partial charge >= 0.3 is 0 Å². The van der Waals surface area contributed by atoms with Crippen molar-refractivity contribution in [3.05, 3.63) is 35.9 Å². The Morgan fingerprint density at radius 3 is 2.43 bits per heavy atom. The fraction of sp³-hybridized carbons (Fsp3) is 0.700. The molecule has 0 aromatic heterocycles. The van der Waals surface area contributed by atoms with Crippen LogP contribution in [0.5, 0.6) is 0 Å². The van der Waals surface area contributed by atoms with E-state index >= 15 is 0 Å². The van der Waals surface area contributed by atoms with Crippen LogP contribution in [0.2, 0.25) is 0 Å². The van der Waals surface area contributed by atoms with Crippen molar-refractivity contribution in [3.8, 4) is 0 Å². The zero-order chi connectivity index (χ0) is 15.5. The van der Waals surface area contributed by atoms with Crippen molar-refractivity contribution in [1.29, 1.82) is 0 Å². The van der Waals surface area contributed by atoms with Crippen LogP contribution in [-0.4, -0.2) is 12.6 Å². The van der Waals surface area contributed by atoms with Crippen LogP contribution in [-0.2, 0) is 0 Å². The van der Waals surface area contributed by atoms with Gasteiger partial charge in [0.05, 0.1) is 0 Å². The van der Waals surface area contributed by atoms with Crippen LogP contribution in [0.15, 0.2) is 30.3 Å². The molecule has 0 radical (unpaired) electrons. The Labute approximate surface area is 131 Å². The molecule has 21 heavy (non-hydrogen) atoms. The van der Waals surface area contributed by atoms with Crippen molar-refractivity contribution < 1.29 is 0 Å². The molecular weight excluding hydrogens is 254 g/mol. The van der Waals surface area contributed by atoms with E-state index in [0.29, 0.717) is 11.5 Å². The smallest absolute Gasteiger partial charge is 0.0104 e. The second-order valence-electron chi connectivity index (χ2n) is 7.98. The Morgan fingerprint density at radius 1 is 1.19 bits per heavy atom. The van der Waals surface area contributed by atoms with E-state index in [-0.39, 0.29) is 0 Å². The van der Waals surface area contributed by atoms with Gasteiger partial charge in [-0.15, -0.1) is 0 Å². The topological polar surface area (TPSA) is 12.0 Å². The highest BCUT2D eigenvalue weighted by Crippen LogP contribution is 2.51.